The Kier molecular flexibility index (Phi) is 16.5. The lowest BCUT2D eigenvalue weighted by molar-refractivity contribution is -0.386. The molecular formula is C35H56N2O19Si. The van der Waals surface area contributed by atoms with Crippen LogP contribution in [0.15, 0.2) is 30.3 Å². The average Bonchev–Trinajstić information content (AvgIpc) is 3.15. The summed E-state index contributed by atoms with van der Waals surface area (Å²) < 4.78 is 34.1. The fraction of sp³-hybridized carbons (Fsp3) is 0.743. The zero-order valence-electron chi connectivity index (χ0n) is 31.9. The molecule has 0 aromatic heterocycles. The first kappa shape index (κ1) is 46.9. The van der Waals surface area contributed by atoms with Gasteiger partial charge in [-0.3, -0.25) is 9.59 Å². The highest BCUT2D eigenvalue weighted by Crippen LogP contribution is 2.38. The summed E-state index contributed by atoms with van der Waals surface area (Å²) in [4.78, 5) is 37.7. The number of hydrogen-bond donors (Lipinski definition) is 12. The maximum Gasteiger partial charge on any atom is 0.364 e. The fourth-order valence-electron chi connectivity index (χ4n) is 6.66. The number of nitrogens with one attached hydrogen (secondary N) is 2. The molecule has 21 nitrogen and oxygen atoms in total. The molecule has 4 rings (SSSR count). The number of amides is 2. The monoisotopic (exact) mass is 836 g/mol. The predicted octanol–water partition coefficient (Wildman–Crippen LogP) is -4.42. The van der Waals surface area contributed by atoms with E-state index in [2.05, 4.69) is 30.3 Å². The van der Waals surface area contributed by atoms with Gasteiger partial charge in [-0.15, -0.1) is 0 Å². The molecule has 324 valence electrons. The maximum atomic E-state index is 13.0. The summed E-state index contributed by atoms with van der Waals surface area (Å²) in [5.74, 6) is -6.41. The first-order chi connectivity index (χ1) is 26.7. The summed E-state index contributed by atoms with van der Waals surface area (Å²) in [5, 5.41) is 113. The SMILES string of the molecule is CC(=O)N[C@H]1[C@H]([C@H](O)[C@H](O)CNC(=O)c2ccccc2)O[C@@](O[C@H]2[C@@H](O)[C@@H](CO)O[C@@H](O[C@H]3[C@@H](O)[C@@H](CO)O[C@@H](OCC[Si](C)(C)C)[C@@H]3O)[C@@H]2O)(C(=O)O)C[C@@H]1O. The van der Waals surface area contributed by atoms with Gasteiger partial charge in [0.1, 0.15) is 61.0 Å². The van der Waals surface area contributed by atoms with Crippen LogP contribution >= 0.6 is 0 Å². The average molecular weight is 837 g/mol. The molecule has 0 radical (unpaired) electrons. The van der Waals surface area contributed by atoms with E-state index in [1.165, 1.54) is 12.1 Å². The Balaban J connectivity index is 1.59. The number of benzene rings is 1. The highest BCUT2D eigenvalue weighted by atomic mass is 28.3. The molecule has 3 fully saturated rings. The minimum absolute atomic E-state index is 0.149. The van der Waals surface area contributed by atoms with Crippen molar-refractivity contribution in [3.05, 3.63) is 35.9 Å². The minimum Gasteiger partial charge on any atom is -0.477 e. The van der Waals surface area contributed by atoms with Crippen LogP contribution in [0.3, 0.4) is 0 Å². The topological polar surface area (TPSA) is 333 Å². The van der Waals surface area contributed by atoms with Crippen molar-refractivity contribution < 1.29 is 93.9 Å². The first-order valence-corrected chi connectivity index (χ1v) is 22.2. The molecule has 2 amide bonds. The van der Waals surface area contributed by atoms with Gasteiger partial charge in [0.25, 0.3) is 11.7 Å². The van der Waals surface area contributed by atoms with E-state index >= 15 is 0 Å². The van der Waals surface area contributed by atoms with Crippen LogP contribution in [0.2, 0.25) is 25.7 Å². The normalized spacial score (nSPS) is 37.2. The third-order valence-electron chi connectivity index (χ3n) is 9.90. The van der Waals surface area contributed by atoms with E-state index in [1.807, 2.05) is 0 Å². The van der Waals surface area contributed by atoms with E-state index in [4.69, 9.17) is 28.4 Å². The predicted molar refractivity (Wildman–Crippen MR) is 194 cm³/mol. The molecule has 0 saturated carbocycles. The Hall–Kier alpha value is -2.75. The number of rotatable bonds is 17. The van der Waals surface area contributed by atoms with Crippen LogP contribution in [0.4, 0.5) is 0 Å². The van der Waals surface area contributed by atoms with Gasteiger partial charge in [0.15, 0.2) is 12.6 Å². The molecule has 16 atom stereocenters. The lowest BCUT2D eigenvalue weighted by atomic mass is 9.88. The van der Waals surface area contributed by atoms with Crippen molar-refractivity contribution in [1.29, 1.82) is 0 Å². The quantitative estimate of drug-likeness (QED) is 0.0659. The molecule has 1 aromatic rings. The van der Waals surface area contributed by atoms with Crippen LogP contribution in [0, 0.1) is 0 Å². The van der Waals surface area contributed by atoms with Crippen molar-refractivity contribution in [2.45, 2.75) is 137 Å². The zero-order valence-corrected chi connectivity index (χ0v) is 32.9. The fourth-order valence-corrected chi connectivity index (χ4v) is 7.39. The maximum absolute atomic E-state index is 13.0. The van der Waals surface area contributed by atoms with E-state index in [-0.39, 0.29) is 12.2 Å². The van der Waals surface area contributed by atoms with Gasteiger partial charge in [0.2, 0.25) is 5.91 Å². The molecule has 3 saturated heterocycles. The van der Waals surface area contributed by atoms with Gasteiger partial charge in [-0.2, -0.15) is 0 Å². The van der Waals surface area contributed by atoms with Crippen LogP contribution in [-0.2, 0) is 38.0 Å². The zero-order chi connectivity index (χ0) is 42.4. The van der Waals surface area contributed by atoms with Crippen LogP contribution in [-0.4, -0.2) is 201 Å². The van der Waals surface area contributed by atoms with Gasteiger partial charge in [0, 0.05) is 40.1 Å². The van der Waals surface area contributed by atoms with Gasteiger partial charge in [-0.1, -0.05) is 37.8 Å². The van der Waals surface area contributed by atoms with Crippen molar-refractivity contribution in [1.82, 2.24) is 10.6 Å². The molecule has 3 aliphatic rings. The second kappa shape index (κ2) is 20.0. The van der Waals surface area contributed by atoms with Crippen molar-refractivity contribution in [3.8, 4) is 0 Å². The van der Waals surface area contributed by atoms with E-state index < -0.39 is 150 Å². The number of carbonyl (C=O) groups excluding carboxylic acids is 2. The van der Waals surface area contributed by atoms with E-state index in [1.54, 1.807) is 18.2 Å². The van der Waals surface area contributed by atoms with Crippen molar-refractivity contribution in [3.63, 3.8) is 0 Å². The van der Waals surface area contributed by atoms with Crippen LogP contribution < -0.4 is 10.6 Å². The summed E-state index contributed by atoms with van der Waals surface area (Å²) in [6.07, 6.45) is -26.9. The third kappa shape index (κ3) is 11.5. The molecule has 0 bridgehead atoms. The number of aliphatic carboxylic acids is 1. The van der Waals surface area contributed by atoms with E-state index in [0.717, 1.165) is 6.92 Å². The Morgan fingerprint density at radius 1 is 0.895 bits per heavy atom. The van der Waals surface area contributed by atoms with E-state index in [9.17, 15) is 65.4 Å². The highest BCUT2D eigenvalue weighted by Gasteiger charge is 2.60. The van der Waals surface area contributed by atoms with Crippen LogP contribution in [0.1, 0.15) is 23.7 Å². The Labute approximate surface area is 329 Å². The minimum atomic E-state index is -3.06. The van der Waals surface area contributed by atoms with Gasteiger partial charge in [0.05, 0.1) is 31.5 Å². The van der Waals surface area contributed by atoms with Crippen molar-refractivity contribution in [2.75, 3.05) is 26.4 Å². The van der Waals surface area contributed by atoms with Gasteiger partial charge in [-0.25, -0.2) is 4.79 Å². The summed E-state index contributed by atoms with van der Waals surface area (Å²) in [6.45, 7) is 5.14. The summed E-state index contributed by atoms with van der Waals surface area (Å²) >= 11 is 0. The molecule has 3 heterocycles. The number of aliphatic hydroxyl groups is 9. The molecule has 1 aromatic carbocycles. The lowest BCUT2D eigenvalue weighted by Gasteiger charge is -2.50. The largest absolute Gasteiger partial charge is 0.477 e. The molecule has 3 aliphatic heterocycles. The van der Waals surface area contributed by atoms with Gasteiger partial charge < -0.3 is 90.1 Å². The molecular weight excluding hydrogens is 780 g/mol. The number of aliphatic hydroxyl groups excluding tert-OH is 9. The number of carbonyl (C=O) groups is 3. The molecule has 57 heavy (non-hydrogen) atoms. The third-order valence-corrected chi connectivity index (χ3v) is 11.6. The Morgan fingerprint density at radius 2 is 1.47 bits per heavy atom. The second-order valence-corrected chi connectivity index (χ2v) is 21.2. The first-order valence-electron chi connectivity index (χ1n) is 18.5. The smallest absolute Gasteiger partial charge is 0.364 e. The summed E-state index contributed by atoms with van der Waals surface area (Å²) in [6, 6.07) is 6.92. The second-order valence-electron chi connectivity index (χ2n) is 15.6. The molecule has 0 spiro atoms. The Bertz CT molecular complexity index is 1480. The Morgan fingerprint density at radius 3 is 2.04 bits per heavy atom. The van der Waals surface area contributed by atoms with Crippen LogP contribution in [0.5, 0.6) is 0 Å². The molecule has 0 unspecified atom stereocenters. The summed E-state index contributed by atoms with van der Waals surface area (Å²) in [7, 11) is -1.61. The molecule has 22 heteroatoms. The van der Waals surface area contributed by atoms with Crippen molar-refractivity contribution in [2.24, 2.45) is 0 Å². The standard InChI is InChI=1S/C35H56N2O19Si/c1-16(40)37-22-18(41)12-35(34(49)50,55-28(22)23(43)19(42)13-36-31(48)17-8-6-5-7-9-17)56-30-25(45)21(15-39)53-33(27(30)47)54-29-24(44)20(14-38)52-32(26(29)46)51-10-11-57(2,3)4/h5-9,18-30,32-33,38-39,41-47H,10-15H2,1-4H3,(H,36,48)(H,37,40)(H,49,50)/t18-,19+,20+,21+,22+,23+,24-,25-,26+,27+,28+,29-,30-,32+,33-,35-/m0/s1. The van der Waals surface area contributed by atoms with E-state index in [0.29, 0.717) is 6.04 Å². The highest BCUT2D eigenvalue weighted by molar-refractivity contribution is 6.76. The number of carboxylic acid groups (broad SMARTS) is 1. The number of carboxylic acids is 1. The van der Waals surface area contributed by atoms with Crippen molar-refractivity contribution >= 4 is 25.9 Å². The molecule has 12 N–H and O–H groups in total. The lowest BCUT2D eigenvalue weighted by Crippen LogP contribution is -2.71. The number of ether oxygens (including phenoxy) is 6. The van der Waals surface area contributed by atoms with Crippen LogP contribution in [0.25, 0.3) is 0 Å². The van der Waals surface area contributed by atoms with Gasteiger partial charge in [-0.05, 0) is 18.2 Å². The number of hydrogen-bond acceptors (Lipinski definition) is 18. The summed E-state index contributed by atoms with van der Waals surface area (Å²) in [5.41, 5.74) is 0.217. The molecule has 0 aliphatic carbocycles. The van der Waals surface area contributed by atoms with Gasteiger partial charge >= 0.3 is 5.97 Å².